The Kier molecular flexibility index (Phi) is 5.43. The number of imide groups is 1. The van der Waals surface area contributed by atoms with E-state index in [1.54, 1.807) is 6.92 Å². The molecule has 1 aliphatic rings. The number of hydrogen-bond donors (Lipinski definition) is 0. The van der Waals surface area contributed by atoms with E-state index in [0.717, 1.165) is 11.0 Å². The Labute approximate surface area is 137 Å². The lowest BCUT2D eigenvalue weighted by molar-refractivity contribution is -0.141. The number of ether oxygens (including phenoxy) is 1. The molecule has 1 fully saturated rings. The number of halogens is 3. The topological polar surface area (TPSA) is 62.7 Å². The van der Waals surface area contributed by atoms with E-state index >= 15 is 0 Å². The monoisotopic (exact) mass is 345 g/mol. The predicted octanol–water partition coefficient (Wildman–Crippen LogP) is 2.29. The van der Waals surface area contributed by atoms with Gasteiger partial charge in [-0.05, 0) is 19.1 Å². The molecule has 0 spiro atoms. The van der Waals surface area contributed by atoms with Crippen molar-refractivity contribution in [3.05, 3.63) is 29.6 Å². The first-order valence-corrected chi connectivity index (χ1v) is 7.37. The normalized spacial score (nSPS) is 17.4. The van der Waals surface area contributed by atoms with Crippen LogP contribution in [0.15, 0.2) is 18.2 Å². The Balaban J connectivity index is 2.12. The third kappa shape index (κ3) is 4.22. The van der Waals surface area contributed by atoms with Crippen molar-refractivity contribution in [3.63, 3.8) is 0 Å². The molecule has 1 saturated heterocycles. The Morgan fingerprint density at radius 3 is 2.67 bits per heavy atom. The van der Waals surface area contributed by atoms with Crippen LogP contribution in [0.1, 0.15) is 24.7 Å². The number of nitrogens with zero attached hydrogens (tertiary/aromatic N) is 3. The summed E-state index contributed by atoms with van der Waals surface area (Å²) < 4.78 is 43.2. The van der Waals surface area contributed by atoms with Crippen molar-refractivity contribution in [1.82, 2.24) is 14.8 Å². The van der Waals surface area contributed by atoms with Crippen LogP contribution in [-0.4, -0.2) is 53.0 Å². The van der Waals surface area contributed by atoms with E-state index in [1.165, 1.54) is 24.1 Å². The van der Waals surface area contributed by atoms with Crippen LogP contribution in [0, 0.1) is 0 Å². The van der Waals surface area contributed by atoms with Crippen LogP contribution in [-0.2, 0) is 22.3 Å². The molecule has 132 valence electrons. The first kappa shape index (κ1) is 18.2. The number of amides is 3. The zero-order valence-electron chi connectivity index (χ0n) is 13.3. The van der Waals surface area contributed by atoms with Crippen molar-refractivity contribution < 1.29 is 27.5 Å². The first-order valence-electron chi connectivity index (χ1n) is 7.37. The van der Waals surface area contributed by atoms with Gasteiger partial charge in [-0.25, -0.2) is 9.78 Å². The fourth-order valence-electron chi connectivity index (χ4n) is 2.32. The first-order chi connectivity index (χ1) is 11.2. The third-order valence-electron chi connectivity index (χ3n) is 3.69. The fourth-order valence-corrected chi connectivity index (χ4v) is 2.32. The van der Waals surface area contributed by atoms with Gasteiger partial charge in [0, 0.05) is 20.1 Å². The number of aromatic nitrogens is 1. The molecule has 2 heterocycles. The van der Waals surface area contributed by atoms with Crippen LogP contribution >= 0.6 is 0 Å². The lowest BCUT2D eigenvalue weighted by atomic mass is 10.2. The summed E-state index contributed by atoms with van der Waals surface area (Å²) in [5.74, 6) is -0.322. The summed E-state index contributed by atoms with van der Waals surface area (Å²) in [5.41, 5.74) is -0.891. The maximum atomic E-state index is 12.7. The number of methoxy groups -OCH3 is 1. The van der Waals surface area contributed by atoms with Crippen molar-refractivity contribution in [2.24, 2.45) is 0 Å². The minimum Gasteiger partial charge on any atom is -0.380 e. The molecule has 24 heavy (non-hydrogen) atoms. The minimum absolute atomic E-state index is 0.0894. The van der Waals surface area contributed by atoms with E-state index in [-0.39, 0.29) is 43.8 Å². The van der Waals surface area contributed by atoms with Gasteiger partial charge in [-0.2, -0.15) is 13.2 Å². The Bertz CT molecular complexity index is 621. The van der Waals surface area contributed by atoms with Gasteiger partial charge < -0.3 is 9.64 Å². The van der Waals surface area contributed by atoms with Gasteiger partial charge in [0.05, 0.1) is 24.9 Å². The van der Waals surface area contributed by atoms with Crippen LogP contribution in [0.4, 0.5) is 18.0 Å². The summed E-state index contributed by atoms with van der Waals surface area (Å²) in [4.78, 5) is 30.2. The van der Waals surface area contributed by atoms with E-state index < -0.39 is 17.9 Å². The van der Waals surface area contributed by atoms with Gasteiger partial charge in [-0.3, -0.25) is 9.69 Å². The number of pyridine rings is 1. The summed E-state index contributed by atoms with van der Waals surface area (Å²) in [5, 5.41) is 0. The molecule has 0 aromatic carbocycles. The molecule has 3 amide bonds. The van der Waals surface area contributed by atoms with Crippen molar-refractivity contribution in [1.29, 1.82) is 0 Å². The van der Waals surface area contributed by atoms with Crippen molar-refractivity contribution >= 4 is 11.9 Å². The van der Waals surface area contributed by atoms with Crippen molar-refractivity contribution in [3.8, 4) is 0 Å². The van der Waals surface area contributed by atoms with Gasteiger partial charge >= 0.3 is 12.2 Å². The molecule has 0 aliphatic carbocycles. The third-order valence-corrected chi connectivity index (χ3v) is 3.69. The predicted molar refractivity (Wildman–Crippen MR) is 77.8 cm³/mol. The second-order valence-corrected chi connectivity index (χ2v) is 5.52. The number of carbonyl (C=O) groups is 2. The van der Waals surface area contributed by atoms with E-state index in [9.17, 15) is 22.8 Å². The summed E-state index contributed by atoms with van der Waals surface area (Å²) in [6.45, 7) is 1.87. The molecular formula is C15H18F3N3O3. The number of alkyl halides is 3. The highest BCUT2D eigenvalue weighted by Crippen LogP contribution is 2.27. The molecule has 2 rings (SSSR count). The Hall–Kier alpha value is -2.16. The smallest absolute Gasteiger partial charge is 0.380 e. The number of carbonyl (C=O) groups excluding carboxylic acids is 2. The molecule has 0 saturated carbocycles. The summed E-state index contributed by atoms with van der Waals surface area (Å²) in [6.07, 6.45) is -4.76. The second-order valence-electron chi connectivity index (χ2n) is 5.52. The number of rotatable bonds is 5. The van der Waals surface area contributed by atoms with Crippen LogP contribution in [0.25, 0.3) is 0 Å². The van der Waals surface area contributed by atoms with Gasteiger partial charge in [-0.15, -0.1) is 0 Å². The zero-order valence-corrected chi connectivity index (χ0v) is 13.3. The highest BCUT2D eigenvalue weighted by atomic mass is 19.4. The molecule has 0 bridgehead atoms. The average Bonchev–Trinajstić information content (AvgIpc) is 2.53. The molecule has 0 radical (unpaired) electrons. The Morgan fingerprint density at radius 1 is 1.33 bits per heavy atom. The zero-order chi connectivity index (χ0) is 17.9. The molecule has 1 aliphatic heterocycles. The number of urea groups is 1. The second kappa shape index (κ2) is 7.16. The van der Waals surface area contributed by atoms with E-state index in [1.807, 2.05) is 0 Å². The van der Waals surface area contributed by atoms with Gasteiger partial charge in [0.25, 0.3) is 0 Å². The van der Waals surface area contributed by atoms with Gasteiger partial charge in [0.15, 0.2) is 0 Å². The van der Waals surface area contributed by atoms with Gasteiger partial charge in [0.1, 0.15) is 5.69 Å². The van der Waals surface area contributed by atoms with E-state index in [0.29, 0.717) is 0 Å². The Morgan fingerprint density at radius 2 is 2.04 bits per heavy atom. The van der Waals surface area contributed by atoms with Crippen LogP contribution in [0.2, 0.25) is 0 Å². The molecule has 9 heteroatoms. The molecule has 0 unspecified atom stereocenters. The molecule has 6 nitrogen and oxygen atoms in total. The summed E-state index contributed by atoms with van der Waals surface area (Å²) in [6, 6.07) is 2.99. The number of hydrogen-bond acceptors (Lipinski definition) is 4. The average molecular weight is 345 g/mol. The maximum Gasteiger partial charge on any atom is 0.433 e. The molecular weight excluding hydrogens is 327 g/mol. The summed E-state index contributed by atoms with van der Waals surface area (Å²) in [7, 11) is 1.47. The summed E-state index contributed by atoms with van der Waals surface area (Å²) >= 11 is 0. The molecule has 1 atom stereocenters. The fraction of sp³-hybridized carbons (Fsp3) is 0.533. The van der Waals surface area contributed by atoms with Gasteiger partial charge in [0.2, 0.25) is 5.91 Å². The van der Waals surface area contributed by atoms with Crippen LogP contribution < -0.4 is 0 Å². The lowest BCUT2D eigenvalue weighted by Crippen LogP contribution is -2.53. The lowest BCUT2D eigenvalue weighted by Gasteiger charge is -2.35. The van der Waals surface area contributed by atoms with E-state index in [2.05, 4.69) is 4.98 Å². The van der Waals surface area contributed by atoms with Crippen molar-refractivity contribution in [2.45, 2.75) is 32.2 Å². The molecule has 0 N–H and O–H groups in total. The highest BCUT2D eigenvalue weighted by Gasteiger charge is 2.35. The SMILES string of the molecule is CO[C@H](C)CN1C(=O)CCN(Cc2cccc(C(F)(F)F)n2)C1=O. The van der Waals surface area contributed by atoms with Crippen LogP contribution in [0.5, 0.6) is 0 Å². The highest BCUT2D eigenvalue weighted by molar-refractivity contribution is 5.96. The van der Waals surface area contributed by atoms with E-state index in [4.69, 9.17) is 4.74 Å². The minimum atomic E-state index is -4.54. The van der Waals surface area contributed by atoms with Gasteiger partial charge in [-0.1, -0.05) is 6.07 Å². The quantitative estimate of drug-likeness (QED) is 0.821. The van der Waals surface area contributed by atoms with Crippen LogP contribution in [0.3, 0.4) is 0 Å². The molecule has 1 aromatic heterocycles. The standard InChI is InChI=1S/C15H18F3N3O3/c1-10(24-2)8-21-13(22)6-7-20(14(21)23)9-11-4-3-5-12(19-11)15(16,17)18/h3-5,10H,6-9H2,1-2H3/t10-/m1/s1. The largest absolute Gasteiger partial charge is 0.433 e. The maximum absolute atomic E-state index is 12.7. The van der Waals surface area contributed by atoms with Crippen molar-refractivity contribution in [2.75, 3.05) is 20.2 Å². The molecule has 1 aromatic rings.